The lowest BCUT2D eigenvalue weighted by Gasteiger charge is -2.10. The van der Waals surface area contributed by atoms with E-state index in [0.29, 0.717) is 0 Å². The molecule has 0 aliphatic rings. The minimum absolute atomic E-state index is 0.817. The predicted molar refractivity (Wildman–Crippen MR) is 129 cm³/mol. The molecule has 0 aliphatic heterocycles. The summed E-state index contributed by atoms with van der Waals surface area (Å²) in [5.41, 5.74) is 6.74. The van der Waals surface area contributed by atoms with Crippen LogP contribution in [0.3, 0.4) is 0 Å². The average molecular weight is 428 g/mol. The number of aromatic nitrogens is 6. The second-order valence-corrected chi connectivity index (χ2v) is 7.86. The Morgan fingerprint density at radius 3 is 2.36 bits per heavy atom. The molecular formula is C27H20N6. The SMILES string of the molecule is Cc1ccc(-n2cc(-c3ccccn3)nc2-c2ccc(-n3ccc4ccncc43)cc2)cn1. The Bertz CT molecular complexity index is 1540. The zero-order chi connectivity index (χ0) is 22.2. The molecule has 0 spiro atoms. The van der Waals surface area contributed by atoms with Gasteiger partial charge in [0.25, 0.3) is 0 Å². The number of pyridine rings is 3. The fourth-order valence-electron chi connectivity index (χ4n) is 3.99. The lowest BCUT2D eigenvalue weighted by Crippen LogP contribution is -1.98. The summed E-state index contributed by atoms with van der Waals surface area (Å²) < 4.78 is 4.21. The van der Waals surface area contributed by atoms with Gasteiger partial charge in [0.2, 0.25) is 0 Å². The van der Waals surface area contributed by atoms with Gasteiger partial charge in [-0.1, -0.05) is 6.07 Å². The molecule has 6 nitrogen and oxygen atoms in total. The summed E-state index contributed by atoms with van der Waals surface area (Å²) in [6.07, 6.45) is 11.4. The van der Waals surface area contributed by atoms with Crippen LogP contribution in [0.4, 0.5) is 0 Å². The maximum Gasteiger partial charge on any atom is 0.145 e. The molecule has 1 aromatic carbocycles. The number of fused-ring (bicyclic) bond motifs is 1. The van der Waals surface area contributed by atoms with E-state index in [1.165, 1.54) is 0 Å². The van der Waals surface area contributed by atoms with Gasteiger partial charge >= 0.3 is 0 Å². The largest absolute Gasteiger partial charge is 0.315 e. The first-order chi connectivity index (χ1) is 16.3. The number of rotatable bonds is 4. The summed E-state index contributed by atoms with van der Waals surface area (Å²) in [7, 11) is 0. The van der Waals surface area contributed by atoms with Gasteiger partial charge in [-0.05, 0) is 67.6 Å². The molecular weight excluding hydrogens is 408 g/mol. The van der Waals surface area contributed by atoms with Gasteiger partial charge < -0.3 is 4.57 Å². The van der Waals surface area contributed by atoms with Crippen molar-refractivity contribution in [1.29, 1.82) is 0 Å². The molecule has 6 aromatic rings. The van der Waals surface area contributed by atoms with Crippen molar-refractivity contribution in [3.8, 4) is 34.2 Å². The standard InChI is InChI=1S/C27H20N6/c1-19-5-8-23(16-30-19)33-18-25(24-4-2-3-13-29-24)31-27(33)21-6-9-22(10-7-21)32-15-12-20-11-14-28-17-26(20)32/h2-18H,1H3. The van der Waals surface area contributed by atoms with Crippen LogP contribution < -0.4 is 0 Å². The zero-order valence-electron chi connectivity index (χ0n) is 18.0. The maximum atomic E-state index is 4.95. The van der Waals surface area contributed by atoms with Crippen molar-refractivity contribution in [3.05, 3.63) is 110 Å². The molecule has 0 unspecified atom stereocenters. The van der Waals surface area contributed by atoms with E-state index in [2.05, 4.69) is 66.7 Å². The van der Waals surface area contributed by atoms with Gasteiger partial charge in [-0.3, -0.25) is 19.5 Å². The van der Waals surface area contributed by atoms with Crippen LogP contribution in [0.2, 0.25) is 0 Å². The fourth-order valence-corrected chi connectivity index (χ4v) is 3.99. The maximum absolute atomic E-state index is 4.95. The molecule has 0 radical (unpaired) electrons. The van der Waals surface area contributed by atoms with Gasteiger partial charge in [-0.25, -0.2) is 4.98 Å². The molecule has 6 rings (SSSR count). The van der Waals surface area contributed by atoms with Crippen LogP contribution in [0.5, 0.6) is 0 Å². The van der Waals surface area contributed by atoms with Crippen LogP contribution in [0.1, 0.15) is 5.69 Å². The van der Waals surface area contributed by atoms with Crippen LogP contribution in [-0.4, -0.2) is 29.1 Å². The fraction of sp³-hybridized carbons (Fsp3) is 0.0370. The van der Waals surface area contributed by atoms with Crippen molar-refractivity contribution in [2.24, 2.45) is 0 Å². The zero-order valence-corrected chi connectivity index (χ0v) is 18.0. The van der Waals surface area contributed by atoms with Gasteiger partial charge in [0.15, 0.2) is 0 Å². The van der Waals surface area contributed by atoms with Crippen molar-refractivity contribution >= 4 is 10.9 Å². The van der Waals surface area contributed by atoms with Crippen LogP contribution in [-0.2, 0) is 0 Å². The van der Waals surface area contributed by atoms with E-state index in [9.17, 15) is 0 Å². The van der Waals surface area contributed by atoms with Gasteiger partial charge in [0, 0.05) is 47.1 Å². The molecule has 158 valence electrons. The van der Waals surface area contributed by atoms with E-state index < -0.39 is 0 Å². The molecule has 0 fully saturated rings. The van der Waals surface area contributed by atoms with E-state index in [4.69, 9.17) is 4.98 Å². The molecule has 0 amide bonds. The van der Waals surface area contributed by atoms with E-state index >= 15 is 0 Å². The topological polar surface area (TPSA) is 61.4 Å². The average Bonchev–Trinajstić information content (AvgIpc) is 3.50. The van der Waals surface area contributed by atoms with Crippen molar-refractivity contribution < 1.29 is 0 Å². The van der Waals surface area contributed by atoms with Crippen molar-refractivity contribution in [3.63, 3.8) is 0 Å². The van der Waals surface area contributed by atoms with E-state index in [0.717, 1.165) is 50.7 Å². The molecule has 0 saturated carbocycles. The third-order valence-electron chi connectivity index (χ3n) is 5.71. The number of nitrogens with zero attached hydrogens (tertiary/aromatic N) is 6. The van der Waals surface area contributed by atoms with Gasteiger partial charge in [-0.15, -0.1) is 0 Å². The van der Waals surface area contributed by atoms with Gasteiger partial charge in [0.1, 0.15) is 11.5 Å². The summed E-state index contributed by atoms with van der Waals surface area (Å²) in [5, 5.41) is 1.16. The molecule has 0 bridgehead atoms. The van der Waals surface area contributed by atoms with E-state index in [-0.39, 0.29) is 0 Å². The Morgan fingerprint density at radius 2 is 1.58 bits per heavy atom. The Morgan fingerprint density at radius 1 is 0.697 bits per heavy atom. The third kappa shape index (κ3) is 3.47. The Hall–Kier alpha value is -4.58. The lowest BCUT2D eigenvalue weighted by molar-refractivity contribution is 1.04. The van der Waals surface area contributed by atoms with Crippen LogP contribution in [0, 0.1) is 6.92 Å². The minimum atomic E-state index is 0.817. The van der Waals surface area contributed by atoms with Crippen LogP contribution in [0.25, 0.3) is 45.1 Å². The normalized spacial score (nSPS) is 11.2. The third-order valence-corrected chi connectivity index (χ3v) is 5.71. The Kier molecular flexibility index (Phi) is 4.54. The highest BCUT2D eigenvalue weighted by Gasteiger charge is 2.14. The summed E-state index contributed by atoms with van der Waals surface area (Å²) >= 11 is 0. The number of aryl methyl sites for hydroxylation is 1. The monoisotopic (exact) mass is 428 g/mol. The second-order valence-electron chi connectivity index (χ2n) is 7.86. The van der Waals surface area contributed by atoms with E-state index in [1.807, 2.05) is 62.0 Å². The first-order valence-electron chi connectivity index (χ1n) is 10.7. The van der Waals surface area contributed by atoms with Crippen molar-refractivity contribution in [2.45, 2.75) is 6.92 Å². The summed E-state index contributed by atoms with van der Waals surface area (Å²) in [6, 6.07) is 22.4. The Labute approximate surface area is 190 Å². The molecule has 33 heavy (non-hydrogen) atoms. The first-order valence-corrected chi connectivity index (χ1v) is 10.7. The predicted octanol–water partition coefficient (Wildman–Crippen LogP) is 5.64. The van der Waals surface area contributed by atoms with Crippen molar-refractivity contribution in [1.82, 2.24) is 29.1 Å². The number of benzene rings is 1. The highest BCUT2D eigenvalue weighted by molar-refractivity contribution is 5.81. The first kappa shape index (κ1) is 19.1. The lowest BCUT2D eigenvalue weighted by atomic mass is 10.2. The van der Waals surface area contributed by atoms with Crippen molar-refractivity contribution in [2.75, 3.05) is 0 Å². The number of hydrogen-bond donors (Lipinski definition) is 0. The van der Waals surface area contributed by atoms with Gasteiger partial charge in [-0.2, -0.15) is 0 Å². The molecule has 6 heteroatoms. The number of hydrogen-bond acceptors (Lipinski definition) is 4. The molecule has 0 atom stereocenters. The summed E-state index contributed by atoms with van der Waals surface area (Å²) in [4.78, 5) is 18.2. The molecule has 5 heterocycles. The van der Waals surface area contributed by atoms with E-state index in [1.54, 1.807) is 6.20 Å². The summed E-state index contributed by atoms with van der Waals surface area (Å²) in [5.74, 6) is 0.840. The molecule has 0 aliphatic carbocycles. The molecule has 5 aromatic heterocycles. The summed E-state index contributed by atoms with van der Waals surface area (Å²) in [6.45, 7) is 1.98. The second kappa shape index (κ2) is 7.84. The smallest absolute Gasteiger partial charge is 0.145 e. The molecule has 0 N–H and O–H groups in total. The highest BCUT2D eigenvalue weighted by atomic mass is 15.1. The quantitative estimate of drug-likeness (QED) is 0.364. The highest BCUT2D eigenvalue weighted by Crippen LogP contribution is 2.28. The molecule has 0 saturated heterocycles. The van der Waals surface area contributed by atoms with Crippen LogP contribution in [0.15, 0.2) is 104 Å². The van der Waals surface area contributed by atoms with Crippen LogP contribution >= 0.6 is 0 Å². The number of imidazole rings is 1. The Balaban J connectivity index is 1.45. The van der Waals surface area contributed by atoms with Gasteiger partial charge in [0.05, 0.1) is 29.3 Å². The minimum Gasteiger partial charge on any atom is -0.315 e.